The van der Waals surface area contributed by atoms with Crippen LogP contribution in [0.15, 0.2) is 72.8 Å². The molecule has 0 saturated carbocycles. The standard InChI is InChI=1S/C46H54S4/c1-29(2)9-7-11-31(5)13-15-33-17-21-35(22-18-33)39-27-43-45(49-39)37-25-42-38(26-41(37)47-43)46-44(48-42)28-40(50-46)36-23-19-34(20-24-36)16-14-32(6)12-8-10-30(3)4/h17-32H,7-16H2,1-6H3. The maximum atomic E-state index is 2.48. The van der Waals surface area contributed by atoms with Crippen molar-refractivity contribution in [3.8, 4) is 20.9 Å². The first-order valence-electron chi connectivity index (χ1n) is 19.2. The molecule has 7 aromatic rings. The SMILES string of the molecule is CC(C)CCCC(C)CCc1ccc(-c2cc3sc4cc5c(cc4c3s2)sc2cc(-c3ccc(CCC(C)CCCC(C)C)cc3)sc25)cc1. The van der Waals surface area contributed by atoms with Crippen molar-refractivity contribution >= 4 is 84.3 Å². The van der Waals surface area contributed by atoms with E-state index in [0.29, 0.717) is 0 Å². The van der Waals surface area contributed by atoms with Gasteiger partial charge in [-0.2, -0.15) is 0 Å². The second-order valence-corrected chi connectivity index (χ2v) is 20.3. The highest BCUT2D eigenvalue weighted by Crippen LogP contribution is 2.48. The first kappa shape index (κ1) is 35.9. The molecule has 0 amide bonds. The quantitative estimate of drug-likeness (QED) is 0.0927. The fourth-order valence-corrected chi connectivity index (χ4v) is 12.5. The van der Waals surface area contributed by atoms with Crippen molar-refractivity contribution in [2.75, 3.05) is 0 Å². The van der Waals surface area contributed by atoms with Gasteiger partial charge in [-0.1, -0.05) is 129 Å². The van der Waals surface area contributed by atoms with Gasteiger partial charge in [0.1, 0.15) is 0 Å². The molecule has 4 heteroatoms. The third kappa shape index (κ3) is 8.41. The zero-order chi connectivity index (χ0) is 34.8. The summed E-state index contributed by atoms with van der Waals surface area (Å²) in [5.74, 6) is 3.27. The summed E-state index contributed by atoms with van der Waals surface area (Å²) in [6, 6.07) is 28.7. The Kier molecular flexibility index (Phi) is 11.5. The summed E-state index contributed by atoms with van der Waals surface area (Å²) in [4.78, 5) is 2.78. The van der Waals surface area contributed by atoms with Crippen molar-refractivity contribution in [1.82, 2.24) is 0 Å². The monoisotopic (exact) mass is 734 g/mol. The molecule has 0 spiro atoms. The second kappa shape index (κ2) is 16.0. The van der Waals surface area contributed by atoms with Gasteiger partial charge in [-0.15, -0.1) is 45.3 Å². The van der Waals surface area contributed by atoms with Crippen LogP contribution in [0.3, 0.4) is 0 Å². The Morgan fingerprint density at radius 3 is 1.20 bits per heavy atom. The number of benzene rings is 3. The van der Waals surface area contributed by atoms with Crippen LogP contribution in [0, 0.1) is 23.7 Å². The number of hydrogen-bond donors (Lipinski definition) is 0. The molecule has 7 rings (SSSR count). The van der Waals surface area contributed by atoms with Gasteiger partial charge in [-0.25, -0.2) is 0 Å². The lowest BCUT2D eigenvalue weighted by Crippen LogP contribution is -1.99. The Bertz CT molecular complexity index is 1990. The molecular formula is C46H54S4. The highest BCUT2D eigenvalue weighted by Gasteiger charge is 2.17. The van der Waals surface area contributed by atoms with Gasteiger partial charge < -0.3 is 0 Å². The van der Waals surface area contributed by atoms with E-state index in [2.05, 4.69) is 114 Å². The van der Waals surface area contributed by atoms with Crippen molar-refractivity contribution in [1.29, 1.82) is 0 Å². The van der Waals surface area contributed by atoms with Gasteiger partial charge in [0.15, 0.2) is 0 Å². The van der Waals surface area contributed by atoms with Crippen LogP contribution in [-0.2, 0) is 12.8 Å². The topological polar surface area (TPSA) is 0 Å². The van der Waals surface area contributed by atoms with E-state index >= 15 is 0 Å². The van der Waals surface area contributed by atoms with E-state index in [9.17, 15) is 0 Å². The van der Waals surface area contributed by atoms with Crippen molar-refractivity contribution in [3.63, 3.8) is 0 Å². The van der Waals surface area contributed by atoms with Crippen LogP contribution in [0.25, 0.3) is 59.9 Å². The highest BCUT2D eigenvalue weighted by molar-refractivity contribution is 7.35. The predicted octanol–water partition coefficient (Wildman–Crippen LogP) is 16.7. The van der Waals surface area contributed by atoms with Crippen molar-refractivity contribution < 1.29 is 0 Å². The Morgan fingerprint density at radius 1 is 0.420 bits per heavy atom. The average Bonchev–Trinajstić information content (AvgIpc) is 3.85. The Balaban J connectivity index is 1.02. The molecule has 0 radical (unpaired) electrons. The Morgan fingerprint density at radius 2 is 0.820 bits per heavy atom. The molecule has 50 heavy (non-hydrogen) atoms. The molecule has 0 saturated heterocycles. The second-order valence-electron chi connectivity index (χ2n) is 16.0. The molecule has 4 heterocycles. The van der Waals surface area contributed by atoms with Crippen LogP contribution in [0.5, 0.6) is 0 Å². The minimum atomic E-state index is 0.809. The summed E-state index contributed by atoms with van der Waals surface area (Å²) in [6.45, 7) is 14.2. The van der Waals surface area contributed by atoms with Gasteiger partial charge >= 0.3 is 0 Å². The third-order valence-corrected chi connectivity index (χ3v) is 15.6. The van der Waals surface area contributed by atoms with Crippen molar-refractivity contribution in [2.45, 2.75) is 106 Å². The zero-order valence-corrected chi connectivity index (χ0v) is 34.2. The molecule has 0 fully saturated rings. The normalized spacial score (nSPS) is 13.6. The lowest BCUT2D eigenvalue weighted by molar-refractivity contribution is 0.437. The maximum absolute atomic E-state index is 2.48. The van der Waals surface area contributed by atoms with Gasteiger partial charge in [0.05, 0.1) is 9.40 Å². The molecule has 2 atom stereocenters. The minimum absolute atomic E-state index is 0.809. The van der Waals surface area contributed by atoms with E-state index in [-0.39, 0.29) is 0 Å². The molecule has 0 aliphatic rings. The van der Waals surface area contributed by atoms with Gasteiger partial charge in [-0.3, -0.25) is 0 Å². The summed E-state index contributed by atoms with van der Waals surface area (Å²) in [7, 11) is 0. The number of hydrogen-bond acceptors (Lipinski definition) is 4. The van der Waals surface area contributed by atoms with Gasteiger partial charge in [0.25, 0.3) is 0 Å². The summed E-state index contributed by atoms with van der Waals surface area (Å²) >= 11 is 7.86. The fraction of sp³-hybridized carbons (Fsp3) is 0.435. The molecule has 0 bridgehead atoms. The Hall–Kier alpha value is -2.50. The van der Waals surface area contributed by atoms with Gasteiger partial charge in [0, 0.05) is 39.3 Å². The molecule has 262 valence electrons. The Labute approximate surface area is 316 Å². The van der Waals surface area contributed by atoms with Crippen molar-refractivity contribution in [2.24, 2.45) is 23.7 Å². The van der Waals surface area contributed by atoms with Crippen LogP contribution in [0.1, 0.15) is 104 Å². The molecule has 0 aliphatic heterocycles. The summed E-state index contributed by atoms with van der Waals surface area (Å²) in [5, 5.41) is 2.85. The smallest absolute Gasteiger partial charge is 0.0536 e. The molecule has 0 aliphatic carbocycles. The minimum Gasteiger partial charge on any atom is -0.134 e. The lowest BCUT2D eigenvalue weighted by Gasteiger charge is -2.12. The van der Waals surface area contributed by atoms with Crippen molar-refractivity contribution in [3.05, 3.63) is 83.9 Å². The first-order valence-corrected chi connectivity index (χ1v) is 22.5. The predicted molar refractivity (Wildman–Crippen MR) is 231 cm³/mol. The van der Waals surface area contributed by atoms with E-state index in [4.69, 9.17) is 0 Å². The number of fused-ring (bicyclic) bond motifs is 6. The summed E-state index contributed by atoms with van der Waals surface area (Å²) in [5.41, 5.74) is 5.65. The van der Waals surface area contributed by atoms with E-state index in [1.165, 1.54) is 135 Å². The third-order valence-electron chi connectivity index (χ3n) is 10.7. The summed E-state index contributed by atoms with van der Waals surface area (Å²) in [6.07, 6.45) is 13.1. The lowest BCUT2D eigenvalue weighted by atomic mass is 9.94. The number of aryl methyl sites for hydroxylation is 2. The van der Waals surface area contributed by atoms with E-state index in [1.54, 1.807) is 0 Å². The average molecular weight is 735 g/mol. The van der Waals surface area contributed by atoms with Crippen LogP contribution in [0.2, 0.25) is 0 Å². The van der Waals surface area contributed by atoms with Gasteiger partial charge in [-0.05, 0) is 95.9 Å². The van der Waals surface area contributed by atoms with Crippen LogP contribution in [0.4, 0.5) is 0 Å². The molecule has 2 unspecified atom stereocenters. The maximum Gasteiger partial charge on any atom is 0.0536 e. The van der Waals surface area contributed by atoms with Crippen LogP contribution in [-0.4, -0.2) is 0 Å². The van der Waals surface area contributed by atoms with Gasteiger partial charge in [0.2, 0.25) is 0 Å². The molecule has 3 aromatic carbocycles. The van der Waals surface area contributed by atoms with E-state index in [1.807, 2.05) is 45.3 Å². The molecule has 0 N–H and O–H groups in total. The first-order chi connectivity index (χ1) is 24.2. The van der Waals surface area contributed by atoms with E-state index in [0.717, 1.165) is 23.7 Å². The summed E-state index contributed by atoms with van der Waals surface area (Å²) < 4.78 is 8.57. The number of thiophene rings is 4. The van der Waals surface area contributed by atoms with Crippen LogP contribution >= 0.6 is 45.3 Å². The number of rotatable bonds is 16. The molecular weight excluding hydrogens is 681 g/mol. The highest BCUT2D eigenvalue weighted by atomic mass is 32.1. The van der Waals surface area contributed by atoms with Crippen LogP contribution < -0.4 is 0 Å². The largest absolute Gasteiger partial charge is 0.134 e. The zero-order valence-electron chi connectivity index (χ0n) is 30.9. The fourth-order valence-electron chi connectivity index (χ4n) is 7.42. The molecule has 0 nitrogen and oxygen atoms in total. The van der Waals surface area contributed by atoms with E-state index < -0.39 is 0 Å². The molecule has 4 aromatic heterocycles.